The molecule has 178 valence electrons. The van der Waals surface area contributed by atoms with Crippen LogP contribution in [0.5, 0.6) is 5.75 Å². The minimum atomic E-state index is -1.33. The number of nitro benzene ring substituents is 1. The van der Waals surface area contributed by atoms with Gasteiger partial charge in [0.2, 0.25) is 0 Å². The first-order valence-corrected chi connectivity index (χ1v) is 10.2. The number of nitrogens with one attached hydrogen (secondary N) is 1. The van der Waals surface area contributed by atoms with Crippen LogP contribution in [0, 0.1) is 10.1 Å². The van der Waals surface area contributed by atoms with Gasteiger partial charge in [-0.2, -0.15) is 0 Å². The van der Waals surface area contributed by atoms with Crippen LogP contribution in [0.1, 0.15) is 13.8 Å². The average Bonchev–Trinajstić information content (AvgIpc) is 2.82. The van der Waals surface area contributed by atoms with E-state index in [1.807, 2.05) is 0 Å². The summed E-state index contributed by atoms with van der Waals surface area (Å²) in [6.07, 6.45) is -1.33. The zero-order valence-electron chi connectivity index (χ0n) is 18.6. The van der Waals surface area contributed by atoms with E-state index in [2.05, 4.69) is 5.32 Å². The summed E-state index contributed by atoms with van der Waals surface area (Å²) in [7, 11) is 1.35. The van der Waals surface area contributed by atoms with Crippen molar-refractivity contribution in [2.24, 2.45) is 0 Å². The second kappa shape index (κ2) is 9.98. The topological polar surface area (TPSA) is 152 Å². The second-order valence-corrected chi connectivity index (χ2v) is 7.20. The summed E-state index contributed by atoms with van der Waals surface area (Å²) >= 11 is 0. The number of hydrogen-bond donors (Lipinski definition) is 1. The number of para-hydroxylation sites is 1. The molecule has 0 bridgehead atoms. The van der Waals surface area contributed by atoms with Gasteiger partial charge in [0.05, 0.1) is 29.0 Å². The molecule has 1 heterocycles. The molecule has 0 aliphatic heterocycles. The summed E-state index contributed by atoms with van der Waals surface area (Å²) < 4.78 is 12.2. The average molecular weight is 470 g/mol. The number of rotatable bonds is 8. The largest absolute Gasteiger partial charge is 0.496 e. The Morgan fingerprint density at radius 2 is 1.85 bits per heavy atom. The fourth-order valence-electron chi connectivity index (χ4n) is 3.35. The number of carbonyl (C=O) groups is 2. The summed E-state index contributed by atoms with van der Waals surface area (Å²) in [5.41, 5.74) is -1.40. The lowest BCUT2D eigenvalue weighted by molar-refractivity contribution is -0.384. The van der Waals surface area contributed by atoms with E-state index in [-0.39, 0.29) is 28.9 Å². The second-order valence-electron chi connectivity index (χ2n) is 7.20. The van der Waals surface area contributed by atoms with E-state index >= 15 is 0 Å². The fraction of sp³-hybridized carbons (Fsp3) is 0.273. The zero-order chi connectivity index (χ0) is 25.0. The molecule has 0 saturated carbocycles. The Bertz CT molecular complexity index is 1390. The van der Waals surface area contributed by atoms with E-state index in [0.29, 0.717) is 0 Å². The molecule has 0 saturated heterocycles. The zero-order valence-corrected chi connectivity index (χ0v) is 18.6. The lowest BCUT2D eigenvalue weighted by Crippen LogP contribution is -2.41. The Balaban J connectivity index is 1.79. The van der Waals surface area contributed by atoms with Gasteiger partial charge < -0.3 is 14.8 Å². The van der Waals surface area contributed by atoms with Gasteiger partial charge in [-0.05, 0) is 38.1 Å². The van der Waals surface area contributed by atoms with Gasteiger partial charge in [-0.25, -0.2) is 4.79 Å². The number of nitrogens with zero attached hydrogens (tertiary/aromatic N) is 3. The SMILES string of the molecule is CCn1c(=O)c2ccccc2n(CC(=O)OC(C)C(=O)Nc2ccc(OC)cc2[N+](=O)[O-])c1=O. The van der Waals surface area contributed by atoms with Gasteiger partial charge in [-0.15, -0.1) is 0 Å². The van der Waals surface area contributed by atoms with Crippen molar-refractivity contribution in [3.63, 3.8) is 0 Å². The molecule has 12 heteroatoms. The molecule has 3 rings (SSSR count). The Morgan fingerprint density at radius 1 is 1.15 bits per heavy atom. The number of methoxy groups -OCH3 is 1. The predicted octanol–water partition coefficient (Wildman–Crippen LogP) is 1.67. The predicted molar refractivity (Wildman–Crippen MR) is 122 cm³/mol. The maximum absolute atomic E-state index is 12.7. The van der Waals surface area contributed by atoms with Crippen molar-refractivity contribution < 1.29 is 24.0 Å². The van der Waals surface area contributed by atoms with Gasteiger partial charge >= 0.3 is 11.7 Å². The van der Waals surface area contributed by atoms with Gasteiger partial charge in [-0.1, -0.05) is 12.1 Å². The maximum Gasteiger partial charge on any atom is 0.332 e. The molecule has 2 aromatic carbocycles. The summed E-state index contributed by atoms with van der Waals surface area (Å²) in [6.45, 7) is 2.48. The standard InChI is InChI=1S/C22H22N4O8/c1-4-24-21(29)15-7-5-6-8-17(15)25(22(24)30)12-19(27)34-13(2)20(28)23-16-10-9-14(33-3)11-18(16)26(31)32/h5-11,13H,4,12H2,1-3H3,(H,23,28). The van der Waals surface area contributed by atoms with Crippen LogP contribution in [0.25, 0.3) is 10.9 Å². The number of aromatic nitrogens is 2. The van der Waals surface area contributed by atoms with Crippen LogP contribution in [0.15, 0.2) is 52.1 Å². The highest BCUT2D eigenvalue weighted by Gasteiger charge is 2.23. The van der Waals surface area contributed by atoms with Crippen LogP contribution in [0.2, 0.25) is 0 Å². The van der Waals surface area contributed by atoms with E-state index in [1.54, 1.807) is 25.1 Å². The van der Waals surface area contributed by atoms with Crippen molar-refractivity contribution in [3.05, 3.63) is 73.4 Å². The summed E-state index contributed by atoms with van der Waals surface area (Å²) in [4.78, 5) is 60.9. The summed E-state index contributed by atoms with van der Waals surface area (Å²) in [5.74, 6) is -1.48. The number of esters is 1. The minimum absolute atomic E-state index is 0.101. The van der Waals surface area contributed by atoms with Crippen molar-refractivity contribution in [2.45, 2.75) is 33.0 Å². The van der Waals surface area contributed by atoms with Crippen molar-refractivity contribution in [1.29, 1.82) is 0 Å². The molecule has 3 aromatic rings. The van der Waals surface area contributed by atoms with E-state index < -0.39 is 46.4 Å². The molecule has 0 aliphatic carbocycles. The van der Waals surface area contributed by atoms with E-state index in [9.17, 15) is 29.3 Å². The van der Waals surface area contributed by atoms with Crippen LogP contribution >= 0.6 is 0 Å². The molecular weight excluding hydrogens is 448 g/mol. The lowest BCUT2D eigenvalue weighted by atomic mass is 10.2. The van der Waals surface area contributed by atoms with Gasteiger partial charge in [0, 0.05) is 6.54 Å². The first kappa shape index (κ1) is 24.2. The van der Waals surface area contributed by atoms with E-state index in [4.69, 9.17) is 9.47 Å². The molecule has 1 unspecified atom stereocenters. The van der Waals surface area contributed by atoms with Crippen molar-refractivity contribution >= 4 is 34.2 Å². The molecular formula is C22H22N4O8. The number of hydrogen-bond acceptors (Lipinski definition) is 8. The summed E-state index contributed by atoms with van der Waals surface area (Å²) in [6, 6.07) is 10.2. The molecule has 1 amide bonds. The number of anilines is 1. The molecule has 1 atom stereocenters. The highest BCUT2D eigenvalue weighted by atomic mass is 16.6. The number of nitro groups is 1. The molecule has 1 aromatic heterocycles. The van der Waals surface area contributed by atoms with Crippen LogP contribution in [-0.2, 0) is 27.4 Å². The molecule has 0 radical (unpaired) electrons. The Hall–Kier alpha value is -4.48. The van der Waals surface area contributed by atoms with Crippen LogP contribution in [-0.4, -0.2) is 39.1 Å². The van der Waals surface area contributed by atoms with E-state index in [1.165, 1.54) is 32.2 Å². The van der Waals surface area contributed by atoms with Crippen LogP contribution in [0.4, 0.5) is 11.4 Å². The third kappa shape index (κ3) is 4.80. The van der Waals surface area contributed by atoms with Gasteiger partial charge in [-0.3, -0.25) is 33.6 Å². The van der Waals surface area contributed by atoms with Crippen molar-refractivity contribution in [2.75, 3.05) is 12.4 Å². The number of benzene rings is 2. The monoisotopic (exact) mass is 470 g/mol. The molecule has 0 spiro atoms. The number of fused-ring (bicyclic) bond motifs is 1. The smallest absolute Gasteiger partial charge is 0.332 e. The fourth-order valence-corrected chi connectivity index (χ4v) is 3.35. The first-order chi connectivity index (χ1) is 16.2. The molecule has 1 N–H and O–H groups in total. The summed E-state index contributed by atoms with van der Waals surface area (Å²) in [5, 5.41) is 13.9. The molecule has 34 heavy (non-hydrogen) atoms. The van der Waals surface area contributed by atoms with Gasteiger partial charge in [0.15, 0.2) is 6.10 Å². The quantitative estimate of drug-likeness (QED) is 0.296. The Labute approximate surface area is 192 Å². The van der Waals surface area contributed by atoms with Crippen LogP contribution < -0.4 is 21.3 Å². The highest BCUT2D eigenvalue weighted by Crippen LogP contribution is 2.29. The van der Waals surface area contributed by atoms with Gasteiger partial charge in [0.25, 0.3) is 17.2 Å². The number of ether oxygens (including phenoxy) is 2. The van der Waals surface area contributed by atoms with Crippen molar-refractivity contribution in [1.82, 2.24) is 9.13 Å². The first-order valence-electron chi connectivity index (χ1n) is 10.2. The number of carbonyl (C=O) groups excluding carboxylic acids is 2. The molecule has 0 fully saturated rings. The number of amides is 1. The Kier molecular flexibility index (Phi) is 7.09. The van der Waals surface area contributed by atoms with Crippen molar-refractivity contribution in [3.8, 4) is 5.75 Å². The minimum Gasteiger partial charge on any atom is -0.496 e. The van der Waals surface area contributed by atoms with E-state index in [0.717, 1.165) is 15.2 Å². The van der Waals surface area contributed by atoms with Gasteiger partial charge in [0.1, 0.15) is 18.0 Å². The maximum atomic E-state index is 12.7. The third-order valence-corrected chi connectivity index (χ3v) is 5.07. The molecule has 0 aliphatic rings. The highest BCUT2D eigenvalue weighted by molar-refractivity contribution is 5.97. The third-order valence-electron chi connectivity index (χ3n) is 5.07. The molecule has 12 nitrogen and oxygen atoms in total. The van der Waals surface area contributed by atoms with Crippen LogP contribution in [0.3, 0.4) is 0 Å². The normalized spacial score (nSPS) is 11.6. The Morgan fingerprint density at radius 3 is 2.50 bits per heavy atom. The lowest BCUT2D eigenvalue weighted by Gasteiger charge is -2.16.